The Bertz CT molecular complexity index is 557. The molecule has 2 rings (SSSR count). The van der Waals surface area contributed by atoms with Crippen LogP contribution in [-0.4, -0.2) is 21.1 Å². The Morgan fingerprint density at radius 3 is 2.56 bits per heavy atom. The summed E-state index contributed by atoms with van der Waals surface area (Å²) in [7, 11) is 0. The first-order valence-corrected chi connectivity index (χ1v) is 5.16. The number of benzene rings is 1. The van der Waals surface area contributed by atoms with Crippen LogP contribution >= 0.6 is 15.9 Å². The number of nitrogens with zero attached hydrogens (tertiary/aromatic N) is 1. The molecule has 0 unspecified atom stereocenters. The third-order valence-corrected chi connectivity index (χ3v) is 2.35. The van der Waals surface area contributed by atoms with Gasteiger partial charge in [0.2, 0.25) is 5.82 Å². The lowest BCUT2D eigenvalue weighted by molar-refractivity contribution is 0.101. The molecule has 0 aliphatic carbocycles. The average molecular weight is 283 g/mol. The zero-order valence-electron chi connectivity index (χ0n) is 7.95. The molecule has 0 aliphatic heterocycles. The van der Waals surface area contributed by atoms with Gasteiger partial charge >= 0.3 is 5.69 Å². The van der Waals surface area contributed by atoms with Crippen molar-refractivity contribution in [3.8, 4) is 0 Å². The molecule has 3 N–H and O–H groups in total. The summed E-state index contributed by atoms with van der Waals surface area (Å²) in [5.41, 5.74) is 0.109. The molecule has 1 heterocycles. The molecular weight excluding hydrogens is 276 g/mol. The standard InChI is InChI=1S/C9H7BrN4O2/c10-5-1-3-6(4-2-5)11-8(15)7-12-9(16)14-13-7/h1-4H,(H,11,15)(H2,12,13,14,16). The lowest BCUT2D eigenvalue weighted by atomic mass is 10.3. The van der Waals surface area contributed by atoms with Gasteiger partial charge in [-0.2, -0.15) is 0 Å². The van der Waals surface area contributed by atoms with E-state index in [2.05, 4.69) is 36.4 Å². The minimum Gasteiger partial charge on any atom is -0.319 e. The van der Waals surface area contributed by atoms with E-state index in [1.165, 1.54) is 0 Å². The van der Waals surface area contributed by atoms with Crippen molar-refractivity contribution in [2.75, 3.05) is 5.32 Å². The van der Waals surface area contributed by atoms with Gasteiger partial charge in [0, 0.05) is 10.2 Å². The van der Waals surface area contributed by atoms with Crippen molar-refractivity contribution in [3.05, 3.63) is 45.0 Å². The topological polar surface area (TPSA) is 90.6 Å². The summed E-state index contributed by atoms with van der Waals surface area (Å²) in [6.45, 7) is 0. The molecular formula is C9H7BrN4O2. The Labute approximate surface area is 98.2 Å². The van der Waals surface area contributed by atoms with Crippen LogP contribution in [0.25, 0.3) is 0 Å². The monoisotopic (exact) mass is 282 g/mol. The molecule has 2 aromatic rings. The summed E-state index contributed by atoms with van der Waals surface area (Å²) in [5.74, 6) is -0.520. The van der Waals surface area contributed by atoms with Crippen LogP contribution in [-0.2, 0) is 0 Å². The molecule has 0 saturated carbocycles. The van der Waals surface area contributed by atoms with E-state index in [4.69, 9.17) is 0 Å². The molecule has 0 aliphatic rings. The highest BCUT2D eigenvalue weighted by atomic mass is 79.9. The first-order chi connectivity index (χ1) is 7.65. The fourth-order valence-corrected chi connectivity index (χ4v) is 1.37. The Morgan fingerprint density at radius 1 is 1.31 bits per heavy atom. The van der Waals surface area contributed by atoms with Crippen molar-refractivity contribution in [2.24, 2.45) is 0 Å². The van der Waals surface area contributed by atoms with E-state index in [1.807, 2.05) is 0 Å². The smallest absolute Gasteiger partial charge is 0.319 e. The number of nitrogens with one attached hydrogen (secondary N) is 3. The van der Waals surface area contributed by atoms with Gasteiger partial charge in [-0.3, -0.25) is 9.78 Å². The lowest BCUT2D eigenvalue weighted by Crippen LogP contribution is -2.14. The summed E-state index contributed by atoms with van der Waals surface area (Å²) >= 11 is 3.28. The zero-order chi connectivity index (χ0) is 11.5. The molecule has 82 valence electrons. The minimum atomic E-state index is -0.513. The highest BCUT2D eigenvalue weighted by Gasteiger charge is 2.09. The normalized spacial score (nSPS) is 10.1. The lowest BCUT2D eigenvalue weighted by Gasteiger charge is -2.01. The van der Waals surface area contributed by atoms with E-state index < -0.39 is 11.6 Å². The van der Waals surface area contributed by atoms with Crippen molar-refractivity contribution in [1.29, 1.82) is 0 Å². The number of H-pyrrole nitrogens is 2. The molecule has 0 bridgehead atoms. The maximum absolute atomic E-state index is 11.5. The van der Waals surface area contributed by atoms with Crippen molar-refractivity contribution in [3.63, 3.8) is 0 Å². The molecule has 6 nitrogen and oxygen atoms in total. The van der Waals surface area contributed by atoms with Crippen molar-refractivity contribution < 1.29 is 4.79 Å². The molecule has 0 radical (unpaired) electrons. The van der Waals surface area contributed by atoms with Gasteiger partial charge in [-0.15, -0.1) is 5.10 Å². The zero-order valence-corrected chi connectivity index (χ0v) is 9.54. The van der Waals surface area contributed by atoms with E-state index in [0.29, 0.717) is 5.69 Å². The summed E-state index contributed by atoms with van der Waals surface area (Å²) < 4.78 is 0.915. The van der Waals surface area contributed by atoms with Gasteiger partial charge in [0.25, 0.3) is 5.91 Å². The maximum atomic E-state index is 11.5. The number of aromatic amines is 2. The van der Waals surface area contributed by atoms with Crippen LogP contribution in [0.3, 0.4) is 0 Å². The van der Waals surface area contributed by atoms with E-state index in [1.54, 1.807) is 24.3 Å². The van der Waals surface area contributed by atoms with Crippen LogP contribution in [0.4, 0.5) is 5.69 Å². The third kappa shape index (κ3) is 2.37. The molecule has 1 amide bonds. The van der Waals surface area contributed by atoms with Crippen LogP contribution in [0, 0.1) is 0 Å². The number of rotatable bonds is 2. The van der Waals surface area contributed by atoms with Crippen LogP contribution < -0.4 is 11.0 Å². The molecule has 0 saturated heterocycles. The Morgan fingerprint density at radius 2 is 2.00 bits per heavy atom. The van der Waals surface area contributed by atoms with E-state index in [9.17, 15) is 9.59 Å². The van der Waals surface area contributed by atoms with Crippen LogP contribution in [0.5, 0.6) is 0 Å². The molecule has 0 atom stereocenters. The third-order valence-electron chi connectivity index (χ3n) is 1.82. The molecule has 1 aromatic heterocycles. The van der Waals surface area contributed by atoms with Crippen LogP contribution in [0.1, 0.15) is 10.6 Å². The number of aromatic nitrogens is 3. The van der Waals surface area contributed by atoms with Crippen LogP contribution in [0.2, 0.25) is 0 Å². The molecule has 0 spiro atoms. The van der Waals surface area contributed by atoms with E-state index in [0.717, 1.165) is 4.47 Å². The van der Waals surface area contributed by atoms with Gasteiger partial charge in [0.15, 0.2) is 0 Å². The second-order valence-corrected chi connectivity index (χ2v) is 3.90. The number of hydrogen-bond acceptors (Lipinski definition) is 3. The number of anilines is 1. The predicted molar refractivity (Wildman–Crippen MR) is 61.3 cm³/mol. The summed E-state index contributed by atoms with van der Waals surface area (Å²) in [6, 6.07) is 7.05. The minimum absolute atomic E-state index is 0.0482. The Kier molecular flexibility index (Phi) is 2.86. The van der Waals surface area contributed by atoms with Gasteiger partial charge in [0.1, 0.15) is 0 Å². The maximum Gasteiger partial charge on any atom is 0.341 e. The number of carbonyl (C=O) groups is 1. The van der Waals surface area contributed by atoms with Gasteiger partial charge < -0.3 is 5.32 Å². The summed E-state index contributed by atoms with van der Waals surface area (Å²) in [5, 5.41) is 8.22. The summed E-state index contributed by atoms with van der Waals surface area (Å²) in [6.07, 6.45) is 0. The van der Waals surface area contributed by atoms with E-state index in [-0.39, 0.29) is 5.82 Å². The molecule has 16 heavy (non-hydrogen) atoms. The summed E-state index contributed by atoms with van der Waals surface area (Å²) in [4.78, 5) is 24.5. The largest absolute Gasteiger partial charge is 0.341 e. The quantitative estimate of drug-likeness (QED) is 0.771. The number of carbonyl (C=O) groups excluding carboxylic acids is 1. The Hall–Kier alpha value is -1.89. The van der Waals surface area contributed by atoms with Crippen LogP contribution in [0.15, 0.2) is 33.5 Å². The first-order valence-electron chi connectivity index (χ1n) is 4.37. The fraction of sp³-hybridized carbons (Fsp3) is 0. The first kappa shape index (κ1) is 10.6. The molecule has 7 heteroatoms. The van der Waals surface area contributed by atoms with Gasteiger partial charge in [0.05, 0.1) is 0 Å². The second-order valence-electron chi connectivity index (χ2n) is 2.99. The number of hydrogen-bond donors (Lipinski definition) is 3. The van der Waals surface area contributed by atoms with Crippen molar-refractivity contribution in [2.45, 2.75) is 0 Å². The average Bonchev–Trinajstić information content (AvgIpc) is 2.68. The predicted octanol–water partition coefficient (Wildman–Crippen LogP) is 1.11. The van der Waals surface area contributed by atoms with Gasteiger partial charge in [-0.05, 0) is 24.3 Å². The Balaban J connectivity index is 2.13. The SMILES string of the molecule is O=C(Nc1ccc(Br)cc1)c1n[nH]c(=O)[nH]1. The molecule has 0 fully saturated rings. The van der Waals surface area contributed by atoms with Crippen molar-refractivity contribution in [1.82, 2.24) is 15.2 Å². The van der Waals surface area contributed by atoms with Gasteiger partial charge in [-0.25, -0.2) is 9.89 Å². The van der Waals surface area contributed by atoms with E-state index >= 15 is 0 Å². The van der Waals surface area contributed by atoms with Crippen molar-refractivity contribution >= 4 is 27.5 Å². The fourth-order valence-electron chi connectivity index (χ4n) is 1.10. The highest BCUT2D eigenvalue weighted by Crippen LogP contribution is 2.14. The number of halogens is 1. The second kappa shape index (κ2) is 4.31. The molecule has 1 aromatic carbocycles. The van der Waals surface area contributed by atoms with Gasteiger partial charge in [-0.1, -0.05) is 15.9 Å². The number of amides is 1. The highest BCUT2D eigenvalue weighted by molar-refractivity contribution is 9.10.